The molecule has 17 heavy (non-hydrogen) atoms. The van der Waals surface area contributed by atoms with Crippen LogP contribution in [0, 0.1) is 0 Å². The van der Waals surface area contributed by atoms with Crippen molar-refractivity contribution in [3.05, 3.63) is 21.3 Å². The third-order valence-electron chi connectivity index (χ3n) is 3.28. The van der Waals surface area contributed by atoms with E-state index in [4.69, 9.17) is 17.3 Å². The number of piperidine rings is 1. The first-order chi connectivity index (χ1) is 8.08. The molecule has 0 spiro atoms. The van der Waals surface area contributed by atoms with Crippen LogP contribution in [0.15, 0.2) is 12.1 Å². The number of halogens is 1. The van der Waals surface area contributed by atoms with Crippen molar-refractivity contribution in [2.45, 2.75) is 38.0 Å². The van der Waals surface area contributed by atoms with Crippen LogP contribution in [-0.4, -0.2) is 35.2 Å². The lowest BCUT2D eigenvalue weighted by Crippen LogP contribution is -2.44. The number of hydrogen-bond acceptors (Lipinski definition) is 4. The Morgan fingerprint density at radius 1 is 1.47 bits per heavy atom. The molecule has 1 aliphatic rings. The number of aliphatic hydroxyl groups is 1. The van der Waals surface area contributed by atoms with Crippen LogP contribution >= 0.6 is 22.9 Å². The number of rotatable bonds is 3. The van der Waals surface area contributed by atoms with Crippen LogP contribution in [-0.2, 0) is 0 Å². The summed E-state index contributed by atoms with van der Waals surface area (Å²) in [5.74, 6) is 0. The number of thiophene rings is 1. The summed E-state index contributed by atoms with van der Waals surface area (Å²) in [4.78, 5) is 3.58. The molecule has 5 heteroatoms. The van der Waals surface area contributed by atoms with Gasteiger partial charge in [0.05, 0.1) is 16.5 Å². The van der Waals surface area contributed by atoms with Crippen molar-refractivity contribution < 1.29 is 5.11 Å². The molecule has 2 rings (SSSR count). The molecular weight excluding hydrogens is 256 g/mol. The molecule has 2 heterocycles. The second-order valence-electron chi connectivity index (χ2n) is 4.71. The van der Waals surface area contributed by atoms with Crippen molar-refractivity contribution in [3.63, 3.8) is 0 Å². The third-order valence-corrected chi connectivity index (χ3v) is 4.58. The minimum atomic E-state index is -0.146. The fourth-order valence-electron chi connectivity index (χ4n) is 2.42. The van der Waals surface area contributed by atoms with E-state index in [-0.39, 0.29) is 18.2 Å². The highest BCUT2D eigenvalue weighted by atomic mass is 35.5. The summed E-state index contributed by atoms with van der Waals surface area (Å²) in [6.07, 6.45) is 1.52. The largest absolute Gasteiger partial charge is 0.393 e. The van der Waals surface area contributed by atoms with Crippen molar-refractivity contribution in [1.29, 1.82) is 0 Å². The summed E-state index contributed by atoms with van der Waals surface area (Å²) >= 11 is 7.59. The predicted molar refractivity (Wildman–Crippen MR) is 72.5 cm³/mol. The van der Waals surface area contributed by atoms with Crippen LogP contribution in [0.25, 0.3) is 0 Å². The van der Waals surface area contributed by atoms with E-state index in [1.807, 2.05) is 13.0 Å². The normalized spacial score (nSPS) is 22.6. The average molecular weight is 275 g/mol. The number of likely N-dealkylation sites (tertiary alicyclic amines) is 1. The molecule has 1 aliphatic heterocycles. The van der Waals surface area contributed by atoms with Gasteiger partial charge in [-0.25, -0.2) is 0 Å². The Bertz CT molecular complexity index is 361. The van der Waals surface area contributed by atoms with Crippen LogP contribution in [0.5, 0.6) is 0 Å². The lowest BCUT2D eigenvalue weighted by atomic mass is 10.0. The second-order valence-corrected chi connectivity index (χ2v) is 6.46. The topological polar surface area (TPSA) is 49.5 Å². The number of nitrogens with two attached hydrogens (primary N) is 1. The first-order valence-electron chi connectivity index (χ1n) is 6.01. The maximum atomic E-state index is 9.55. The second kappa shape index (κ2) is 5.67. The van der Waals surface area contributed by atoms with Crippen molar-refractivity contribution in [3.8, 4) is 0 Å². The van der Waals surface area contributed by atoms with Crippen molar-refractivity contribution in [2.75, 3.05) is 13.1 Å². The maximum absolute atomic E-state index is 9.55. The van der Waals surface area contributed by atoms with Crippen LogP contribution < -0.4 is 5.73 Å². The molecule has 0 bridgehead atoms. The highest BCUT2D eigenvalue weighted by molar-refractivity contribution is 7.16. The Labute approximate surface area is 111 Å². The van der Waals surface area contributed by atoms with E-state index in [0.29, 0.717) is 0 Å². The van der Waals surface area contributed by atoms with E-state index < -0.39 is 0 Å². The minimum absolute atomic E-state index is 0.0694. The fourth-order valence-corrected chi connectivity index (χ4v) is 3.73. The van der Waals surface area contributed by atoms with Crippen LogP contribution in [0.2, 0.25) is 4.34 Å². The van der Waals surface area contributed by atoms with Crippen molar-refractivity contribution >= 4 is 22.9 Å². The monoisotopic (exact) mass is 274 g/mol. The van der Waals surface area contributed by atoms with Gasteiger partial charge in [0, 0.05) is 24.0 Å². The number of hydrogen-bond donors (Lipinski definition) is 2. The van der Waals surface area contributed by atoms with E-state index in [1.165, 1.54) is 4.88 Å². The van der Waals surface area contributed by atoms with E-state index >= 15 is 0 Å². The number of nitrogens with zero attached hydrogens (tertiary/aromatic N) is 1. The Balaban J connectivity index is 2.12. The molecule has 96 valence electrons. The molecule has 3 N–H and O–H groups in total. The molecule has 1 fully saturated rings. The van der Waals surface area contributed by atoms with Gasteiger partial charge >= 0.3 is 0 Å². The molecule has 2 unspecified atom stereocenters. The fraction of sp³-hybridized carbons (Fsp3) is 0.667. The predicted octanol–water partition coefficient (Wildman–Crippen LogP) is 2.25. The SMILES string of the molecule is CC(N)C(c1ccc(Cl)s1)N1CCC(O)CC1. The molecular formula is C12H19ClN2OS. The van der Waals surface area contributed by atoms with Gasteiger partial charge in [0.1, 0.15) is 0 Å². The Hall–Kier alpha value is -0.130. The van der Waals surface area contributed by atoms with Gasteiger partial charge in [-0.3, -0.25) is 4.90 Å². The first-order valence-corrected chi connectivity index (χ1v) is 7.20. The van der Waals surface area contributed by atoms with Gasteiger partial charge in [-0.1, -0.05) is 11.6 Å². The summed E-state index contributed by atoms with van der Waals surface area (Å²) in [5.41, 5.74) is 6.10. The quantitative estimate of drug-likeness (QED) is 0.889. The molecule has 0 saturated carbocycles. The summed E-state index contributed by atoms with van der Waals surface area (Å²) in [5, 5.41) is 9.55. The van der Waals surface area contributed by atoms with E-state index in [0.717, 1.165) is 30.3 Å². The zero-order valence-electron chi connectivity index (χ0n) is 9.97. The van der Waals surface area contributed by atoms with E-state index in [2.05, 4.69) is 11.0 Å². The summed E-state index contributed by atoms with van der Waals surface area (Å²) in [6.45, 7) is 3.84. The number of aliphatic hydroxyl groups excluding tert-OH is 1. The van der Waals surface area contributed by atoms with Gasteiger partial charge in [-0.05, 0) is 31.9 Å². The van der Waals surface area contributed by atoms with Crippen LogP contribution in [0.4, 0.5) is 0 Å². The molecule has 1 aromatic rings. The lowest BCUT2D eigenvalue weighted by molar-refractivity contribution is 0.0558. The molecule has 3 nitrogen and oxygen atoms in total. The molecule has 0 amide bonds. The summed E-state index contributed by atoms with van der Waals surface area (Å²) in [7, 11) is 0. The van der Waals surface area contributed by atoms with Gasteiger partial charge in [-0.2, -0.15) is 0 Å². The Morgan fingerprint density at radius 2 is 2.12 bits per heavy atom. The molecule has 0 aromatic carbocycles. The minimum Gasteiger partial charge on any atom is -0.393 e. The zero-order chi connectivity index (χ0) is 12.4. The van der Waals surface area contributed by atoms with Crippen LogP contribution in [0.1, 0.15) is 30.7 Å². The molecule has 1 saturated heterocycles. The maximum Gasteiger partial charge on any atom is 0.0931 e. The molecule has 2 atom stereocenters. The highest BCUT2D eigenvalue weighted by Crippen LogP contribution is 2.33. The summed E-state index contributed by atoms with van der Waals surface area (Å²) in [6, 6.07) is 4.28. The summed E-state index contributed by atoms with van der Waals surface area (Å²) < 4.78 is 0.808. The lowest BCUT2D eigenvalue weighted by Gasteiger charge is -2.37. The molecule has 0 aliphatic carbocycles. The van der Waals surface area contributed by atoms with Gasteiger partial charge in [0.15, 0.2) is 0 Å². The highest BCUT2D eigenvalue weighted by Gasteiger charge is 2.28. The standard InChI is InChI=1S/C12H19ClN2OS/c1-8(14)12(10-2-3-11(13)17-10)15-6-4-9(16)5-7-15/h2-3,8-9,12,16H,4-7,14H2,1H3. The zero-order valence-corrected chi connectivity index (χ0v) is 11.5. The van der Waals surface area contributed by atoms with Gasteiger partial charge < -0.3 is 10.8 Å². The van der Waals surface area contributed by atoms with Crippen molar-refractivity contribution in [2.24, 2.45) is 5.73 Å². The average Bonchev–Trinajstić information content (AvgIpc) is 2.68. The Morgan fingerprint density at radius 3 is 2.59 bits per heavy atom. The van der Waals surface area contributed by atoms with E-state index in [9.17, 15) is 5.11 Å². The van der Waals surface area contributed by atoms with Gasteiger partial charge in [0.25, 0.3) is 0 Å². The first kappa shape index (κ1) is 13.3. The van der Waals surface area contributed by atoms with Crippen molar-refractivity contribution in [1.82, 2.24) is 4.90 Å². The third kappa shape index (κ3) is 3.20. The molecule has 0 radical (unpaired) electrons. The molecule has 1 aromatic heterocycles. The Kier molecular flexibility index (Phi) is 4.44. The smallest absolute Gasteiger partial charge is 0.0931 e. The van der Waals surface area contributed by atoms with Gasteiger partial charge in [-0.15, -0.1) is 11.3 Å². The van der Waals surface area contributed by atoms with Gasteiger partial charge in [0.2, 0.25) is 0 Å². The van der Waals surface area contributed by atoms with E-state index in [1.54, 1.807) is 11.3 Å². The van der Waals surface area contributed by atoms with Crippen LogP contribution in [0.3, 0.4) is 0 Å².